The maximum atomic E-state index is 13.1. The molecular weight excluding hydrogens is 399 g/mol. The summed E-state index contributed by atoms with van der Waals surface area (Å²) in [6, 6.07) is 18.4. The van der Waals surface area contributed by atoms with Gasteiger partial charge < -0.3 is 14.8 Å². The molecule has 0 fully saturated rings. The van der Waals surface area contributed by atoms with Gasteiger partial charge in [-0.15, -0.1) is 0 Å². The van der Waals surface area contributed by atoms with Crippen LogP contribution in [0, 0.1) is 5.82 Å². The Bertz CT molecular complexity index is 1010. The van der Waals surface area contributed by atoms with Crippen LogP contribution in [0.5, 0.6) is 5.75 Å². The Morgan fingerprint density at radius 3 is 2.23 bits per heavy atom. The van der Waals surface area contributed by atoms with E-state index < -0.39 is 30.4 Å². The third-order valence-corrected chi connectivity index (χ3v) is 3.97. The highest BCUT2D eigenvalue weighted by Crippen LogP contribution is 2.23. The van der Waals surface area contributed by atoms with Gasteiger partial charge in [0.25, 0.3) is 5.91 Å². The average molecular weight is 415 g/mol. The van der Waals surface area contributed by atoms with Crippen LogP contribution in [0.3, 0.4) is 0 Å². The summed E-state index contributed by atoms with van der Waals surface area (Å²) >= 11 is 0. The number of amides is 1. The molecule has 0 aromatic heterocycles. The van der Waals surface area contributed by atoms with E-state index in [0.29, 0.717) is 11.3 Å². The second-order valence-electron chi connectivity index (χ2n) is 6.10. The van der Waals surface area contributed by atoms with E-state index in [1.807, 2.05) is 0 Å². The molecule has 0 radical (unpaired) electrons. The Morgan fingerprint density at radius 1 is 0.867 bits per heavy atom. The normalized spacial score (nSPS) is 11.6. The lowest BCUT2D eigenvalue weighted by atomic mass is 10.1. The van der Waals surface area contributed by atoms with Crippen LogP contribution in [0.25, 0.3) is 0 Å². The summed E-state index contributed by atoms with van der Waals surface area (Å²) in [5.41, 5.74) is 0.639. The predicted molar refractivity (Wildman–Crippen MR) is 103 cm³/mol. The van der Waals surface area contributed by atoms with Gasteiger partial charge in [-0.2, -0.15) is 8.78 Å². The Hall–Kier alpha value is -3.81. The minimum absolute atomic E-state index is 0.0661. The standard InChI is InChI=1S/C22H16F3NO4/c23-16-9-11-17(12-10-16)26-20(27)19(14-5-2-1-3-6-14)30-21(28)15-7-4-8-18(13-15)29-22(24)25/h1-13,19,22H,(H,26,27)/t19-/m0/s1. The van der Waals surface area contributed by atoms with Crippen molar-refractivity contribution in [3.05, 3.63) is 95.8 Å². The smallest absolute Gasteiger partial charge is 0.387 e. The highest BCUT2D eigenvalue weighted by atomic mass is 19.3. The molecular formula is C22H16F3NO4. The molecule has 1 amide bonds. The Morgan fingerprint density at radius 2 is 1.57 bits per heavy atom. The third kappa shape index (κ3) is 5.60. The molecule has 1 N–H and O–H groups in total. The van der Waals surface area contributed by atoms with Gasteiger partial charge in [0, 0.05) is 11.3 Å². The van der Waals surface area contributed by atoms with E-state index >= 15 is 0 Å². The number of ether oxygens (including phenoxy) is 2. The van der Waals surface area contributed by atoms with E-state index in [9.17, 15) is 22.8 Å². The number of hydrogen-bond donors (Lipinski definition) is 1. The average Bonchev–Trinajstić information content (AvgIpc) is 2.73. The monoisotopic (exact) mass is 415 g/mol. The van der Waals surface area contributed by atoms with Crippen molar-refractivity contribution in [2.24, 2.45) is 0 Å². The quantitative estimate of drug-likeness (QED) is 0.554. The Labute approximate surface area is 170 Å². The molecule has 3 aromatic carbocycles. The van der Waals surface area contributed by atoms with Crippen LogP contribution in [-0.4, -0.2) is 18.5 Å². The second-order valence-corrected chi connectivity index (χ2v) is 6.10. The van der Waals surface area contributed by atoms with Gasteiger partial charge in [-0.3, -0.25) is 4.79 Å². The highest BCUT2D eigenvalue weighted by Gasteiger charge is 2.26. The summed E-state index contributed by atoms with van der Waals surface area (Å²) in [5.74, 6) is -2.25. The molecule has 0 aliphatic rings. The first-order chi connectivity index (χ1) is 14.4. The largest absolute Gasteiger partial charge is 0.444 e. The molecule has 1 atom stereocenters. The maximum Gasteiger partial charge on any atom is 0.387 e. The van der Waals surface area contributed by atoms with Crippen LogP contribution in [0.1, 0.15) is 22.0 Å². The Balaban J connectivity index is 1.81. The lowest BCUT2D eigenvalue weighted by molar-refractivity contribution is -0.125. The number of benzene rings is 3. The van der Waals surface area contributed by atoms with E-state index in [1.165, 1.54) is 42.5 Å². The number of nitrogens with one attached hydrogen (secondary N) is 1. The predicted octanol–water partition coefficient (Wildman–Crippen LogP) is 4.96. The fourth-order valence-electron chi connectivity index (χ4n) is 2.62. The van der Waals surface area contributed by atoms with Crippen molar-refractivity contribution in [3.63, 3.8) is 0 Å². The van der Waals surface area contributed by atoms with Crippen LogP contribution in [0.15, 0.2) is 78.9 Å². The molecule has 0 spiro atoms. The van der Waals surface area contributed by atoms with Gasteiger partial charge in [-0.1, -0.05) is 36.4 Å². The number of carbonyl (C=O) groups excluding carboxylic acids is 2. The number of esters is 1. The lowest BCUT2D eigenvalue weighted by Crippen LogP contribution is -2.26. The number of alkyl halides is 2. The zero-order chi connectivity index (χ0) is 21.5. The molecule has 0 unspecified atom stereocenters. The van der Waals surface area contributed by atoms with E-state index in [-0.39, 0.29) is 11.3 Å². The van der Waals surface area contributed by atoms with Gasteiger partial charge in [0.15, 0.2) is 0 Å². The summed E-state index contributed by atoms with van der Waals surface area (Å²) in [5, 5.41) is 2.56. The van der Waals surface area contributed by atoms with Crippen LogP contribution >= 0.6 is 0 Å². The van der Waals surface area contributed by atoms with Gasteiger partial charge in [0.2, 0.25) is 6.10 Å². The van der Waals surface area contributed by atoms with Crippen LogP contribution in [0.4, 0.5) is 18.9 Å². The zero-order valence-corrected chi connectivity index (χ0v) is 15.4. The third-order valence-electron chi connectivity index (χ3n) is 3.97. The van der Waals surface area contributed by atoms with Crippen molar-refractivity contribution in [1.82, 2.24) is 0 Å². The SMILES string of the molecule is O=C(O[C@H](C(=O)Nc1ccc(F)cc1)c1ccccc1)c1cccc(OC(F)F)c1. The minimum atomic E-state index is -3.05. The van der Waals surface area contributed by atoms with Crippen molar-refractivity contribution < 1.29 is 32.2 Å². The fourth-order valence-corrected chi connectivity index (χ4v) is 2.62. The molecule has 0 saturated carbocycles. The molecule has 3 aromatic rings. The molecule has 0 aliphatic heterocycles. The summed E-state index contributed by atoms with van der Waals surface area (Å²) in [6.07, 6.45) is -1.33. The van der Waals surface area contributed by atoms with E-state index in [2.05, 4.69) is 10.1 Å². The Kier molecular flexibility index (Phi) is 6.69. The molecule has 0 aliphatic carbocycles. The minimum Gasteiger partial charge on any atom is -0.444 e. The van der Waals surface area contributed by atoms with E-state index in [0.717, 1.165) is 6.07 Å². The molecule has 5 nitrogen and oxygen atoms in total. The summed E-state index contributed by atoms with van der Waals surface area (Å²) in [4.78, 5) is 25.3. The zero-order valence-electron chi connectivity index (χ0n) is 15.4. The number of rotatable bonds is 7. The van der Waals surface area contributed by atoms with Gasteiger partial charge in [0.1, 0.15) is 11.6 Å². The first-order valence-electron chi connectivity index (χ1n) is 8.79. The van der Waals surface area contributed by atoms with E-state index in [1.54, 1.807) is 30.3 Å². The van der Waals surface area contributed by atoms with Gasteiger partial charge in [-0.05, 0) is 42.5 Å². The van der Waals surface area contributed by atoms with Gasteiger partial charge >= 0.3 is 12.6 Å². The van der Waals surface area contributed by atoms with Crippen molar-refractivity contribution >= 4 is 17.6 Å². The maximum absolute atomic E-state index is 13.1. The van der Waals surface area contributed by atoms with Crippen molar-refractivity contribution in [3.8, 4) is 5.75 Å². The topological polar surface area (TPSA) is 64.6 Å². The highest BCUT2D eigenvalue weighted by molar-refractivity contribution is 5.98. The van der Waals surface area contributed by atoms with Crippen LogP contribution < -0.4 is 10.1 Å². The van der Waals surface area contributed by atoms with Crippen LogP contribution in [-0.2, 0) is 9.53 Å². The summed E-state index contributed by atoms with van der Waals surface area (Å²) in [7, 11) is 0. The first-order valence-corrected chi connectivity index (χ1v) is 8.79. The number of carbonyl (C=O) groups is 2. The molecule has 0 bridgehead atoms. The number of halogens is 3. The van der Waals surface area contributed by atoms with E-state index in [4.69, 9.17) is 4.74 Å². The van der Waals surface area contributed by atoms with Crippen LogP contribution in [0.2, 0.25) is 0 Å². The molecule has 30 heavy (non-hydrogen) atoms. The van der Waals surface area contributed by atoms with Crippen molar-refractivity contribution in [2.45, 2.75) is 12.7 Å². The fraction of sp³-hybridized carbons (Fsp3) is 0.0909. The lowest BCUT2D eigenvalue weighted by Gasteiger charge is -2.18. The molecule has 154 valence electrons. The van der Waals surface area contributed by atoms with Gasteiger partial charge in [-0.25, -0.2) is 9.18 Å². The molecule has 0 heterocycles. The number of hydrogen-bond acceptors (Lipinski definition) is 4. The summed E-state index contributed by atoms with van der Waals surface area (Å²) < 4.78 is 47.5. The number of anilines is 1. The summed E-state index contributed by atoms with van der Waals surface area (Å²) in [6.45, 7) is -3.05. The van der Waals surface area contributed by atoms with Crippen molar-refractivity contribution in [1.29, 1.82) is 0 Å². The molecule has 3 rings (SSSR count). The first kappa shape index (κ1) is 20.9. The molecule has 8 heteroatoms. The second kappa shape index (κ2) is 9.60. The van der Waals surface area contributed by atoms with Crippen molar-refractivity contribution in [2.75, 3.05) is 5.32 Å². The van der Waals surface area contributed by atoms with Gasteiger partial charge in [0.05, 0.1) is 5.56 Å². The molecule has 0 saturated heterocycles.